The Hall–Kier alpha value is -0.570. The minimum atomic E-state index is 0.383. The molecule has 0 bridgehead atoms. The molecule has 3 nitrogen and oxygen atoms in total. The van der Waals surface area contributed by atoms with Gasteiger partial charge in [0.2, 0.25) is 5.91 Å². The van der Waals surface area contributed by atoms with Crippen molar-refractivity contribution in [3.8, 4) is 0 Å². The summed E-state index contributed by atoms with van der Waals surface area (Å²) in [7, 11) is 0. The largest absolute Gasteiger partial charge is 0.339 e. The van der Waals surface area contributed by atoms with Crippen LogP contribution in [-0.4, -0.2) is 29.9 Å². The van der Waals surface area contributed by atoms with Crippen LogP contribution in [0.1, 0.15) is 71.6 Å². The molecule has 0 radical (unpaired) electrons. The van der Waals surface area contributed by atoms with Gasteiger partial charge < -0.3 is 10.6 Å². The second kappa shape index (κ2) is 9.35. The number of nitrogens with zero attached hydrogens (tertiary/aromatic N) is 1. The van der Waals surface area contributed by atoms with Crippen LogP contribution < -0.4 is 5.73 Å². The molecule has 0 aliphatic heterocycles. The summed E-state index contributed by atoms with van der Waals surface area (Å²) in [5.74, 6) is 0.954. The third kappa shape index (κ3) is 6.42. The van der Waals surface area contributed by atoms with Gasteiger partial charge in [0.1, 0.15) is 0 Å². The summed E-state index contributed by atoms with van der Waals surface area (Å²) >= 11 is 0. The molecule has 19 heavy (non-hydrogen) atoms. The predicted molar refractivity (Wildman–Crippen MR) is 80.9 cm³/mol. The Kier molecular flexibility index (Phi) is 8.11. The summed E-state index contributed by atoms with van der Waals surface area (Å²) in [5, 5.41) is 0. The van der Waals surface area contributed by atoms with Crippen molar-refractivity contribution >= 4 is 5.91 Å². The van der Waals surface area contributed by atoms with Crippen LogP contribution in [0, 0.1) is 5.92 Å². The molecule has 0 unspecified atom stereocenters. The SMILES string of the molecule is CC(C)CN(C(=O)CCCCCCN)C1CCCC1. The van der Waals surface area contributed by atoms with Gasteiger partial charge in [0.25, 0.3) is 0 Å². The third-order valence-electron chi connectivity index (χ3n) is 3.99. The van der Waals surface area contributed by atoms with E-state index in [0.29, 0.717) is 17.9 Å². The molecule has 0 atom stereocenters. The van der Waals surface area contributed by atoms with Crippen LogP contribution in [0.4, 0.5) is 0 Å². The zero-order valence-electron chi connectivity index (χ0n) is 12.9. The molecule has 2 N–H and O–H groups in total. The molecule has 0 aromatic heterocycles. The van der Waals surface area contributed by atoms with Crippen molar-refractivity contribution in [2.75, 3.05) is 13.1 Å². The first kappa shape index (κ1) is 16.5. The number of nitrogens with two attached hydrogens (primary N) is 1. The van der Waals surface area contributed by atoms with E-state index in [4.69, 9.17) is 5.73 Å². The summed E-state index contributed by atoms with van der Waals surface area (Å²) < 4.78 is 0. The first-order chi connectivity index (χ1) is 9.15. The van der Waals surface area contributed by atoms with Gasteiger partial charge in [-0.25, -0.2) is 0 Å². The fraction of sp³-hybridized carbons (Fsp3) is 0.938. The third-order valence-corrected chi connectivity index (χ3v) is 3.99. The summed E-state index contributed by atoms with van der Waals surface area (Å²) in [4.78, 5) is 14.6. The van der Waals surface area contributed by atoms with Crippen molar-refractivity contribution in [2.24, 2.45) is 11.7 Å². The fourth-order valence-corrected chi connectivity index (χ4v) is 2.98. The van der Waals surface area contributed by atoms with Crippen molar-refractivity contribution in [1.82, 2.24) is 4.90 Å². The van der Waals surface area contributed by atoms with E-state index in [1.54, 1.807) is 0 Å². The minimum Gasteiger partial charge on any atom is -0.339 e. The maximum Gasteiger partial charge on any atom is 0.222 e. The highest BCUT2D eigenvalue weighted by molar-refractivity contribution is 5.76. The average molecular weight is 268 g/mol. The van der Waals surface area contributed by atoms with E-state index in [-0.39, 0.29) is 0 Å². The number of amides is 1. The van der Waals surface area contributed by atoms with Gasteiger partial charge in [-0.3, -0.25) is 4.79 Å². The standard InChI is InChI=1S/C16H32N2O/c1-14(2)13-18(15-9-6-7-10-15)16(19)11-5-3-4-8-12-17/h14-15H,3-13,17H2,1-2H3. The van der Waals surface area contributed by atoms with Crippen LogP contribution in [-0.2, 0) is 4.79 Å². The molecule has 0 heterocycles. The lowest BCUT2D eigenvalue weighted by molar-refractivity contribution is -0.134. The van der Waals surface area contributed by atoms with Gasteiger partial charge in [0.05, 0.1) is 0 Å². The number of unbranched alkanes of at least 4 members (excludes halogenated alkanes) is 3. The normalized spacial score (nSPS) is 16.2. The molecule has 0 spiro atoms. The van der Waals surface area contributed by atoms with E-state index in [0.717, 1.165) is 45.2 Å². The number of rotatable bonds is 9. The van der Waals surface area contributed by atoms with Gasteiger partial charge in [-0.1, -0.05) is 39.5 Å². The molecule has 3 heteroatoms. The second-order valence-electron chi connectivity index (χ2n) is 6.33. The molecule has 1 aliphatic rings. The van der Waals surface area contributed by atoms with Crippen LogP contribution in [0.3, 0.4) is 0 Å². The molecule has 1 fully saturated rings. The number of hydrogen-bond acceptors (Lipinski definition) is 2. The highest BCUT2D eigenvalue weighted by Crippen LogP contribution is 2.25. The smallest absolute Gasteiger partial charge is 0.222 e. The summed E-state index contributed by atoms with van der Waals surface area (Å²) in [6, 6.07) is 0.527. The average Bonchev–Trinajstić information content (AvgIpc) is 2.89. The Balaban J connectivity index is 2.33. The van der Waals surface area contributed by atoms with Crippen molar-refractivity contribution in [3.63, 3.8) is 0 Å². The van der Waals surface area contributed by atoms with Gasteiger partial charge in [0.15, 0.2) is 0 Å². The molecule has 1 saturated carbocycles. The van der Waals surface area contributed by atoms with E-state index >= 15 is 0 Å². The number of carbonyl (C=O) groups excluding carboxylic acids is 1. The lowest BCUT2D eigenvalue weighted by Gasteiger charge is -2.30. The van der Waals surface area contributed by atoms with Gasteiger partial charge in [-0.2, -0.15) is 0 Å². The Morgan fingerprint density at radius 2 is 1.79 bits per heavy atom. The quantitative estimate of drug-likeness (QED) is 0.652. The maximum absolute atomic E-state index is 12.4. The van der Waals surface area contributed by atoms with Crippen LogP contribution in [0.15, 0.2) is 0 Å². The van der Waals surface area contributed by atoms with Crippen LogP contribution in [0.5, 0.6) is 0 Å². The van der Waals surface area contributed by atoms with Crippen LogP contribution in [0.25, 0.3) is 0 Å². The molecule has 0 aromatic carbocycles. The van der Waals surface area contributed by atoms with Crippen molar-refractivity contribution in [1.29, 1.82) is 0 Å². The maximum atomic E-state index is 12.4. The van der Waals surface area contributed by atoms with Crippen molar-refractivity contribution < 1.29 is 4.79 Å². The summed E-state index contributed by atoms with van der Waals surface area (Å²) in [6.07, 6.45) is 10.2. The molecule has 0 saturated heterocycles. The lowest BCUT2D eigenvalue weighted by Crippen LogP contribution is -2.41. The minimum absolute atomic E-state index is 0.383. The van der Waals surface area contributed by atoms with Crippen molar-refractivity contribution in [3.05, 3.63) is 0 Å². The molecular formula is C16H32N2O. The van der Waals surface area contributed by atoms with Gasteiger partial charge >= 0.3 is 0 Å². The van der Waals surface area contributed by atoms with E-state index in [1.807, 2.05) is 0 Å². The van der Waals surface area contributed by atoms with Gasteiger partial charge in [0, 0.05) is 19.0 Å². The first-order valence-electron chi connectivity index (χ1n) is 8.14. The van der Waals surface area contributed by atoms with E-state index in [9.17, 15) is 4.79 Å². The lowest BCUT2D eigenvalue weighted by atomic mass is 10.1. The Labute approximate surface area is 118 Å². The second-order valence-corrected chi connectivity index (χ2v) is 6.33. The highest BCUT2D eigenvalue weighted by atomic mass is 16.2. The van der Waals surface area contributed by atoms with Crippen LogP contribution >= 0.6 is 0 Å². The van der Waals surface area contributed by atoms with Gasteiger partial charge in [-0.15, -0.1) is 0 Å². The first-order valence-corrected chi connectivity index (χ1v) is 8.14. The fourth-order valence-electron chi connectivity index (χ4n) is 2.98. The van der Waals surface area contributed by atoms with E-state index in [2.05, 4.69) is 18.7 Å². The van der Waals surface area contributed by atoms with Crippen LogP contribution in [0.2, 0.25) is 0 Å². The highest BCUT2D eigenvalue weighted by Gasteiger charge is 2.26. The summed E-state index contributed by atoms with van der Waals surface area (Å²) in [6.45, 7) is 6.12. The number of hydrogen-bond donors (Lipinski definition) is 1. The molecule has 1 rings (SSSR count). The topological polar surface area (TPSA) is 46.3 Å². The molecule has 112 valence electrons. The van der Waals surface area contributed by atoms with Crippen molar-refractivity contribution in [2.45, 2.75) is 77.7 Å². The summed E-state index contributed by atoms with van der Waals surface area (Å²) in [5.41, 5.74) is 5.48. The predicted octanol–water partition coefficient (Wildman–Crippen LogP) is 3.32. The van der Waals surface area contributed by atoms with Gasteiger partial charge in [-0.05, 0) is 38.1 Å². The van der Waals surface area contributed by atoms with E-state index in [1.165, 1.54) is 25.7 Å². The molecule has 0 aromatic rings. The molecule has 1 aliphatic carbocycles. The zero-order valence-corrected chi connectivity index (χ0v) is 12.9. The Bertz CT molecular complexity index is 247. The zero-order chi connectivity index (χ0) is 14.1. The number of carbonyl (C=O) groups is 1. The molecular weight excluding hydrogens is 236 g/mol. The Morgan fingerprint density at radius 1 is 1.16 bits per heavy atom. The molecule has 1 amide bonds. The monoisotopic (exact) mass is 268 g/mol. The Morgan fingerprint density at radius 3 is 2.37 bits per heavy atom. The van der Waals surface area contributed by atoms with E-state index < -0.39 is 0 Å².